The molecule has 2 rings (SSSR count). The number of hydrogen-bond donors (Lipinski definition) is 0. The number of hydrogen-bond acceptors (Lipinski definition) is 3. The first-order valence-corrected chi connectivity index (χ1v) is 6.61. The third kappa shape index (κ3) is 3.22. The normalized spacial score (nSPS) is 10.7. The number of hydroxylamine groups is 2. The summed E-state index contributed by atoms with van der Waals surface area (Å²) in [5.41, 5.74) is 1.64. The predicted molar refractivity (Wildman–Crippen MR) is 76.6 cm³/mol. The number of benzene rings is 1. The minimum atomic E-state index is -0.370. The van der Waals surface area contributed by atoms with Gasteiger partial charge in [0.05, 0.1) is 19.3 Å². The van der Waals surface area contributed by atoms with E-state index in [1.54, 1.807) is 19.1 Å². The molecule has 0 aliphatic carbocycles. The van der Waals surface area contributed by atoms with E-state index in [9.17, 15) is 9.18 Å². The molecule has 5 nitrogen and oxygen atoms in total. The molecule has 2 aromatic rings. The van der Waals surface area contributed by atoms with Gasteiger partial charge in [-0.05, 0) is 24.6 Å². The Morgan fingerprint density at radius 2 is 2.05 bits per heavy atom. The van der Waals surface area contributed by atoms with Crippen LogP contribution in [0.3, 0.4) is 0 Å². The molecular formula is C14H15ClFN3O2. The van der Waals surface area contributed by atoms with Crippen molar-refractivity contribution in [1.29, 1.82) is 0 Å². The minimum absolute atomic E-state index is 0.228. The van der Waals surface area contributed by atoms with Crippen LogP contribution in [-0.4, -0.2) is 34.9 Å². The first-order valence-electron chi connectivity index (χ1n) is 6.23. The molecule has 112 valence electrons. The topological polar surface area (TPSA) is 47.4 Å². The van der Waals surface area contributed by atoms with Gasteiger partial charge in [-0.15, -0.1) is 0 Å². The fourth-order valence-electron chi connectivity index (χ4n) is 1.90. The van der Waals surface area contributed by atoms with Gasteiger partial charge >= 0.3 is 0 Å². The SMILES string of the molecule is CON(C)C(=O)c1c(C)nn(Cc2ccc(F)cc2)c1Cl. The maximum absolute atomic E-state index is 12.9. The summed E-state index contributed by atoms with van der Waals surface area (Å²) in [7, 11) is 2.89. The second-order valence-electron chi connectivity index (χ2n) is 4.52. The first kappa shape index (κ1) is 15.5. The van der Waals surface area contributed by atoms with Crippen molar-refractivity contribution in [3.8, 4) is 0 Å². The summed E-state index contributed by atoms with van der Waals surface area (Å²) >= 11 is 6.23. The molecule has 1 aromatic carbocycles. The van der Waals surface area contributed by atoms with Crippen LogP contribution in [0.5, 0.6) is 0 Å². The van der Waals surface area contributed by atoms with Crippen LogP contribution in [0.15, 0.2) is 24.3 Å². The molecule has 0 saturated carbocycles. The molecule has 0 atom stereocenters. The van der Waals surface area contributed by atoms with Gasteiger partial charge in [0.1, 0.15) is 16.5 Å². The molecule has 0 spiro atoms. The maximum Gasteiger partial charge on any atom is 0.282 e. The van der Waals surface area contributed by atoms with Gasteiger partial charge < -0.3 is 0 Å². The van der Waals surface area contributed by atoms with E-state index in [0.717, 1.165) is 10.6 Å². The molecular weight excluding hydrogens is 297 g/mol. The van der Waals surface area contributed by atoms with Crippen LogP contribution in [0, 0.1) is 12.7 Å². The van der Waals surface area contributed by atoms with E-state index >= 15 is 0 Å². The number of nitrogens with zero attached hydrogens (tertiary/aromatic N) is 3. The summed E-state index contributed by atoms with van der Waals surface area (Å²) in [5, 5.41) is 5.56. The van der Waals surface area contributed by atoms with E-state index in [1.165, 1.54) is 31.0 Å². The van der Waals surface area contributed by atoms with Crippen molar-refractivity contribution in [3.05, 3.63) is 52.1 Å². The van der Waals surface area contributed by atoms with Crippen molar-refractivity contribution < 1.29 is 14.0 Å². The van der Waals surface area contributed by atoms with E-state index in [1.807, 2.05) is 0 Å². The third-order valence-corrected chi connectivity index (χ3v) is 3.47. The highest BCUT2D eigenvalue weighted by molar-refractivity contribution is 6.33. The van der Waals surface area contributed by atoms with Crippen molar-refractivity contribution in [2.45, 2.75) is 13.5 Å². The second kappa shape index (κ2) is 6.24. The molecule has 21 heavy (non-hydrogen) atoms. The zero-order valence-corrected chi connectivity index (χ0v) is 12.7. The highest BCUT2D eigenvalue weighted by atomic mass is 35.5. The molecule has 0 fully saturated rings. The van der Waals surface area contributed by atoms with Crippen LogP contribution < -0.4 is 0 Å². The highest BCUT2D eigenvalue weighted by Crippen LogP contribution is 2.22. The van der Waals surface area contributed by atoms with Crippen molar-refractivity contribution >= 4 is 17.5 Å². The van der Waals surface area contributed by atoms with Gasteiger partial charge in [0.25, 0.3) is 5.91 Å². The predicted octanol–water partition coefficient (Wildman–Crippen LogP) is 2.67. The van der Waals surface area contributed by atoms with Crippen LogP contribution in [0.25, 0.3) is 0 Å². The third-order valence-electron chi connectivity index (χ3n) is 3.08. The van der Waals surface area contributed by atoms with Gasteiger partial charge in [-0.2, -0.15) is 5.10 Å². The Morgan fingerprint density at radius 1 is 1.43 bits per heavy atom. The minimum Gasteiger partial charge on any atom is -0.274 e. The summed E-state index contributed by atoms with van der Waals surface area (Å²) in [5.74, 6) is -0.676. The van der Waals surface area contributed by atoms with Gasteiger partial charge in [-0.25, -0.2) is 14.1 Å². The van der Waals surface area contributed by atoms with Crippen LogP contribution in [0.4, 0.5) is 4.39 Å². The number of aromatic nitrogens is 2. The van der Waals surface area contributed by atoms with Crippen molar-refractivity contribution in [1.82, 2.24) is 14.8 Å². The fourth-order valence-corrected chi connectivity index (χ4v) is 2.22. The average Bonchev–Trinajstić information content (AvgIpc) is 2.74. The molecule has 0 unspecified atom stereocenters. The molecule has 0 aliphatic rings. The molecule has 1 amide bonds. The van der Waals surface area contributed by atoms with Crippen LogP contribution in [0.1, 0.15) is 21.6 Å². The van der Waals surface area contributed by atoms with Crippen molar-refractivity contribution in [2.24, 2.45) is 0 Å². The Labute approximate surface area is 126 Å². The van der Waals surface area contributed by atoms with Gasteiger partial charge in [0, 0.05) is 7.05 Å². The van der Waals surface area contributed by atoms with E-state index < -0.39 is 0 Å². The first-order chi connectivity index (χ1) is 9.93. The number of halogens is 2. The van der Waals surface area contributed by atoms with Crippen molar-refractivity contribution in [3.63, 3.8) is 0 Å². The lowest BCUT2D eigenvalue weighted by Crippen LogP contribution is -2.26. The summed E-state index contributed by atoms with van der Waals surface area (Å²) < 4.78 is 14.4. The molecule has 7 heteroatoms. The molecule has 1 heterocycles. The fraction of sp³-hybridized carbons (Fsp3) is 0.286. The number of amides is 1. The van der Waals surface area contributed by atoms with Crippen molar-refractivity contribution in [2.75, 3.05) is 14.2 Å². The summed E-state index contributed by atoms with van der Waals surface area (Å²) in [6.07, 6.45) is 0. The number of carbonyl (C=O) groups excluding carboxylic acids is 1. The van der Waals surface area contributed by atoms with Crippen LogP contribution in [-0.2, 0) is 11.4 Å². The standard InChI is InChI=1S/C14H15ClFN3O2/c1-9-12(14(20)18(2)21-3)13(15)19(17-9)8-10-4-6-11(16)7-5-10/h4-7H,8H2,1-3H3. The Kier molecular flexibility index (Phi) is 4.59. The molecule has 0 bridgehead atoms. The lowest BCUT2D eigenvalue weighted by molar-refractivity contribution is -0.0757. The van der Waals surface area contributed by atoms with Gasteiger partial charge in [0.15, 0.2) is 0 Å². The Hall–Kier alpha value is -1.92. The largest absolute Gasteiger partial charge is 0.282 e. The monoisotopic (exact) mass is 311 g/mol. The lowest BCUT2D eigenvalue weighted by Gasteiger charge is -2.13. The highest BCUT2D eigenvalue weighted by Gasteiger charge is 2.23. The van der Waals surface area contributed by atoms with E-state index in [0.29, 0.717) is 17.8 Å². The van der Waals surface area contributed by atoms with Crippen LogP contribution >= 0.6 is 11.6 Å². The zero-order chi connectivity index (χ0) is 15.6. The second-order valence-corrected chi connectivity index (χ2v) is 4.88. The number of rotatable bonds is 4. The maximum atomic E-state index is 12.9. The number of aryl methyl sites for hydroxylation is 1. The van der Waals surface area contributed by atoms with E-state index in [4.69, 9.17) is 16.4 Å². The Balaban J connectivity index is 2.30. The van der Waals surface area contributed by atoms with Gasteiger partial charge in [-0.1, -0.05) is 23.7 Å². The lowest BCUT2D eigenvalue weighted by atomic mass is 10.2. The van der Waals surface area contributed by atoms with Gasteiger partial charge in [-0.3, -0.25) is 9.63 Å². The Bertz CT molecular complexity index is 655. The number of carbonyl (C=O) groups is 1. The molecule has 0 N–H and O–H groups in total. The molecule has 0 aliphatic heterocycles. The molecule has 0 radical (unpaired) electrons. The quantitative estimate of drug-likeness (QED) is 0.816. The van der Waals surface area contributed by atoms with E-state index in [-0.39, 0.29) is 16.9 Å². The molecule has 0 saturated heterocycles. The summed E-state index contributed by atoms with van der Waals surface area (Å²) in [6, 6.07) is 6.02. The zero-order valence-electron chi connectivity index (χ0n) is 11.9. The average molecular weight is 312 g/mol. The molecule has 1 aromatic heterocycles. The smallest absolute Gasteiger partial charge is 0.274 e. The summed E-state index contributed by atoms with van der Waals surface area (Å²) in [6.45, 7) is 2.05. The Morgan fingerprint density at radius 3 is 2.62 bits per heavy atom. The summed E-state index contributed by atoms with van der Waals surface area (Å²) in [4.78, 5) is 17.0. The van der Waals surface area contributed by atoms with Crippen LogP contribution in [0.2, 0.25) is 5.15 Å². The van der Waals surface area contributed by atoms with E-state index in [2.05, 4.69) is 5.10 Å². The van der Waals surface area contributed by atoms with Gasteiger partial charge in [0.2, 0.25) is 0 Å².